The molecular weight excluding hydrogens is 550 g/mol. The molecule has 0 spiro atoms. The molecule has 0 bridgehead atoms. The Bertz CT molecular complexity index is 1150. The van der Waals surface area contributed by atoms with E-state index in [-0.39, 0.29) is 5.91 Å². The molecule has 1 N–H and O–H groups in total. The van der Waals surface area contributed by atoms with Crippen LogP contribution in [0.5, 0.6) is 23.0 Å². The lowest BCUT2D eigenvalue weighted by Gasteiger charge is -2.12. The average Bonchev–Trinajstić information content (AvgIpc) is 3.04. The van der Waals surface area contributed by atoms with Crippen molar-refractivity contribution in [3.05, 3.63) is 86.1 Å². The van der Waals surface area contributed by atoms with Gasteiger partial charge in [0.2, 0.25) is 0 Å². The zero-order valence-corrected chi connectivity index (χ0v) is 20.0. The SMILES string of the molecule is O=C1NC(=S)S/C1=C\c1ccc(Oc2ccc(Br)cc2)cc1Oc1ccc(Br)cc1. The summed E-state index contributed by atoms with van der Waals surface area (Å²) in [6, 6.07) is 20.5. The largest absolute Gasteiger partial charge is 0.457 e. The van der Waals surface area contributed by atoms with Crippen molar-refractivity contribution in [2.24, 2.45) is 0 Å². The third-order valence-electron chi connectivity index (χ3n) is 4.00. The Hall–Kier alpha value is -2.13. The first-order valence-corrected chi connectivity index (χ1v) is 11.5. The van der Waals surface area contributed by atoms with E-state index in [1.807, 2.05) is 60.7 Å². The van der Waals surface area contributed by atoms with Crippen molar-refractivity contribution in [2.45, 2.75) is 0 Å². The predicted octanol–water partition coefficient (Wildman–Crippen LogP) is 7.29. The minimum absolute atomic E-state index is 0.213. The van der Waals surface area contributed by atoms with E-state index in [0.717, 1.165) is 14.5 Å². The van der Waals surface area contributed by atoms with Gasteiger partial charge in [0.1, 0.15) is 27.3 Å². The number of benzene rings is 3. The van der Waals surface area contributed by atoms with E-state index >= 15 is 0 Å². The van der Waals surface area contributed by atoms with E-state index < -0.39 is 0 Å². The van der Waals surface area contributed by atoms with Gasteiger partial charge in [-0.25, -0.2) is 0 Å². The molecule has 1 aliphatic rings. The van der Waals surface area contributed by atoms with Crippen LogP contribution in [0.1, 0.15) is 5.56 Å². The number of nitrogens with one attached hydrogen (secondary N) is 1. The lowest BCUT2D eigenvalue weighted by Crippen LogP contribution is -2.17. The van der Waals surface area contributed by atoms with Crippen LogP contribution in [0, 0.1) is 0 Å². The third kappa shape index (κ3) is 5.31. The number of thioether (sulfide) groups is 1. The van der Waals surface area contributed by atoms with Gasteiger partial charge in [-0.15, -0.1) is 0 Å². The fourth-order valence-corrected chi connectivity index (χ4v) is 4.18. The van der Waals surface area contributed by atoms with Crippen LogP contribution in [-0.2, 0) is 4.79 Å². The highest BCUT2D eigenvalue weighted by molar-refractivity contribution is 9.10. The van der Waals surface area contributed by atoms with E-state index in [9.17, 15) is 4.79 Å². The third-order valence-corrected chi connectivity index (χ3v) is 6.22. The highest BCUT2D eigenvalue weighted by Gasteiger charge is 2.22. The highest BCUT2D eigenvalue weighted by atomic mass is 79.9. The molecule has 0 aromatic heterocycles. The molecule has 0 aliphatic carbocycles. The fraction of sp³-hybridized carbons (Fsp3) is 0. The standard InChI is InChI=1S/C22H13Br2NO3S2/c23-14-2-7-16(8-3-14)27-18-6-1-13(11-20-21(26)25-22(29)30-20)19(12-18)28-17-9-4-15(24)5-10-17/h1-12H,(H,25,26,29)/b20-11-. The van der Waals surface area contributed by atoms with Crippen molar-refractivity contribution in [1.82, 2.24) is 5.32 Å². The molecule has 30 heavy (non-hydrogen) atoms. The molecule has 1 fully saturated rings. The Morgan fingerprint density at radius 2 is 1.40 bits per heavy atom. The first kappa shape index (κ1) is 21.1. The van der Waals surface area contributed by atoms with Crippen LogP contribution in [0.25, 0.3) is 6.08 Å². The first-order valence-electron chi connectivity index (χ1n) is 8.72. The summed E-state index contributed by atoms with van der Waals surface area (Å²) in [5, 5.41) is 2.62. The van der Waals surface area contributed by atoms with Gasteiger partial charge in [-0.05, 0) is 66.7 Å². The van der Waals surface area contributed by atoms with Crippen molar-refractivity contribution in [3.63, 3.8) is 0 Å². The summed E-state index contributed by atoms with van der Waals surface area (Å²) >= 11 is 13.1. The molecular formula is C22H13Br2NO3S2. The summed E-state index contributed by atoms with van der Waals surface area (Å²) in [5.74, 6) is 2.33. The minimum atomic E-state index is -0.213. The first-order chi connectivity index (χ1) is 14.5. The maximum Gasteiger partial charge on any atom is 0.263 e. The van der Waals surface area contributed by atoms with E-state index in [2.05, 4.69) is 37.2 Å². The van der Waals surface area contributed by atoms with Crippen LogP contribution in [0.4, 0.5) is 0 Å². The lowest BCUT2D eigenvalue weighted by molar-refractivity contribution is -0.115. The number of halogens is 2. The number of carbonyl (C=O) groups is 1. The van der Waals surface area contributed by atoms with E-state index in [0.29, 0.717) is 32.2 Å². The number of rotatable bonds is 5. The molecule has 0 saturated carbocycles. The summed E-state index contributed by atoms with van der Waals surface area (Å²) in [6.45, 7) is 0. The summed E-state index contributed by atoms with van der Waals surface area (Å²) in [6.07, 6.45) is 1.76. The van der Waals surface area contributed by atoms with Gasteiger partial charge in [-0.3, -0.25) is 4.79 Å². The Kier molecular flexibility index (Phi) is 6.58. The topological polar surface area (TPSA) is 47.6 Å². The van der Waals surface area contributed by atoms with Gasteiger partial charge in [0, 0.05) is 20.6 Å². The zero-order chi connectivity index (χ0) is 21.1. The summed E-state index contributed by atoms with van der Waals surface area (Å²) in [5.41, 5.74) is 0.739. The molecule has 0 unspecified atom stereocenters. The molecule has 1 heterocycles. The maximum absolute atomic E-state index is 12.1. The number of thiocarbonyl (C=S) groups is 1. The summed E-state index contributed by atoms with van der Waals surface area (Å²) in [4.78, 5) is 12.6. The average molecular weight is 563 g/mol. The van der Waals surface area contributed by atoms with Crippen molar-refractivity contribution < 1.29 is 14.3 Å². The van der Waals surface area contributed by atoms with E-state index in [4.69, 9.17) is 21.7 Å². The molecule has 0 atom stereocenters. The maximum atomic E-state index is 12.1. The smallest absolute Gasteiger partial charge is 0.263 e. The highest BCUT2D eigenvalue weighted by Crippen LogP contribution is 2.35. The van der Waals surface area contributed by atoms with Gasteiger partial charge in [-0.2, -0.15) is 0 Å². The summed E-state index contributed by atoms with van der Waals surface area (Å²) in [7, 11) is 0. The molecule has 150 valence electrons. The monoisotopic (exact) mass is 561 g/mol. The zero-order valence-electron chi connectivity index (χ0n) is 15.2. The van der Waals surface area contributed by atoms with E-state index in [1.54, 1.807) is 12.1 Å². The quantitative estimate of drug-likeness (QED) is 0.261. The van der Waals surface area contributed by atoms with Crippen molar-refractivity contribution in [3.8, 4) is 23.0 Å². The van der Waals surface area contributed by atoms with Crippen LogP contribution in [0.2, 0.25) is 0 Å². The molecule has 1 aliphatic heterocycles. The fourth-order valence-electron chi connectivity index (χ4n) is 2.62. The second-order valence-corrected chi connectivity index (χ2v) is 9.71. The molecule has 1 saturated heterocycles. The number of ether oxygens (including phenoxy) is 2. The minimum Gasteiger partial charge on any atom is -0.457 e. The number of amides is 1. The van der Waals surface area contributed by atoms with Crippen LogP contribution in [-0.4, -0.2) is 10.2 Å². The van der Waals surface area contributed by atoms with Gasteiger partial charge in [0.15, 0.2) is 0 Å². The molecule has 3 aromatic carbocycles. The van der Waals surface area contributed by atoms with Crippen LogP contribution >= 0.6 is 55.8 Å². The molecule has 3 aromatic rings. The van der Waals surface area contributed by atoms with Crippen molar-refractivity contribution in [1.29, 1.82) is 0 Å². The molecule has 8 heteroatoms. The second kappa shape index (κ2) is 9.34. The van der Waals surface area contributed by atoms with Crippen molar-refractivity contribution in [2.75, 3.05) is 0 Å². The number of hydrogen-bond acceptors (Lipinski definition) is 5. The van der Waals surface area contributed by atoms with Gasteiger partial charge in [0.25, 0.3) is 5.91 Å². The van der Waals surface area contributed by atoms with Crippen LogP contribution in [0.3, 0.4) is 0 Å². The van der Waals surface area contributed by atoms with Crippen LogP contribution < -0.4 is 14.8 Å². The van der Waals surface area contributed by atoms with Crippen molar-refractivity contribution >= 4 is 72.1 Å². The van der Waals surface area contributed by atoms with Gasteiger partial charge < -0.3 is 14.8 Å². The Morgan fingerprint density at radius 3 is 1.97 bits per heavy atom. The predicted molar refractivity (Wildman–Crippen MR) is 131 cm³/mol. The number of carbonyl (C=O) groups excluding carboxylic acids is 1. The van der Waals surface area contributed by atoms with Gasteiger partial charge in [0.05, 0.1) is 4.91 Å². The van der Waals surface area contributed by atoms with E-state index in [1.165, 1.54) is 11.8 Å². The molecule has 0 radical (unpaired) electrons. The molecule has 4 nitrogen and oxygen atoms in total. The van der Waals surface area contributed by atoms with Crippen LogP contribution in [0.15, 0.2) is 80.6 Å². The normalized spacial score (nSPS) is 14.7. The Morgan fingerprint density at radius 1 is 0.833 bits per heavy atom. The van der Waals surface area contributed by atoms with Gasteiger partial charge in [-0.1, -0.05) is 55.8 Å². The van der Waals surface area contributed by atoms with Gasteiger partial charge >= 0.3 is 0 Å². The molecule has 4 rings (SSSR count). The molecule has 1 amide bonds. The second-order valence-electron chi connectivity index (χ2n) is 6.16. The Labute approximate surface area is 199 Å². The lowest BCUT2D eigenvalue weighted by atomic mass is 10.1. The number of hydrogen-bond donors (Lipinski definition) is 1. The summed E-state index contributed by atoms with van der Waals surface area (Å²) < 4.78 is 14.4. The Balaban J connectivity index is 1.68.